The predicted molar refractivity (Wildman–Crippen MR) is 94.8 cm³/mol. The standard InChI is InChI=1S/C17H33NO10/c1-7(2)4-10(21)12(22)9(18-16(26)8(3)20)6-27-17-15(25)14(24)13(23)11(5-19)28-17/h7-15,17,19-25H,4-6H2,1-3H3,(H,18,26)/t8-,9+,10-,11?,12+,13+,14-,15?,17+/m1/s1. The highest BCUT2D eigenvalue weighted by molar-refractivity contribution is 5.80. The molecule has 1 heterocycles. The lowest BCUT2D eigenvalue weighted by atomic mass is 9.97. The Hall–Kier alpha value is -0.890. The summed E-state index contributed by atoms with van der Waals surface area (Å²) in [6.07, 6.45) is -11.3. The molecule has 1 fully saturated rings. The van der Waals surface area contributed by atoms with Gasteiger partial charge in [-0.2, -0.15) is 0 Å². The van der Waals surface area contributed by atoms with Gasteiger partial charge >= 0.3 is 0 Å². The molecule has 0 aliphatic carbocycles. The highest BCUT2D eigenvalue weighted by Crippen LogP contribution is 2.22. The molecule has 1 aliphatic rings. The Labute approximate surface area is 163 Å². The van der Waals surface area contributed by atoms with E-state index in [2.05, 4.69) is 5.32 Å². The number of ether oxygens (including phenoxy) is 2. The van der Waals surface area contributed by atoms with Crippen LogP contribution < -0.4 is 5.32 Å². The first-order valence-corrected chi connectivity index (χ1v) is 9.26. The molecule has 28 heavy (non-hydrogen) atoms. The Morgan fingerprint density at radius 2 is 1.68 bits per heavy atom. The number of carbonyl (C=O) groups excluding carboxylic acids is 1. The second kappa shape index (κ2) is 11.3. The summed E-state index contributed by atoms with van der Waals surface area (Å²) >= 11 is 0. The van der Waals surface area contributed by atoms with Gasteiger partial charge in [0.1, 0.15) is 36.6 Å². The molecular formula is C17H33NO10. The molecule has 0 radical (unpaired) electrons. The maximum atomic E-state index is 11.8. The third-order valence-electron chi connectivity index (χ3n) is 4.51. The smallest absolute Gasteiger partial charge is 0.248 e. The summed E-state index contributed by atoms with van der Waals surface area (Å²) in [5, 5.41) is 71.0. The molecule has 1 aliphatic heterocycles. The van der Waals surface area contributed by atoms with Crippen molar-refractivity contribution in [2.24, 2.45) is 5.92 Å². The number of rotatable bonds is 10. The van der Waals surface area contributed by atoms with Gasteiger partial charge in [0.2, 0.25) is 5.91 Å². The van der Waals surface area contributed by atoms with Crippen molar-refractivity contribution in [3.05, 3.63) is 0 Å². The van der Waals surface area contributed by atoms with Crippen LogP contribution >= 0.6 is 0 Å². The van der Waals surface area contributed by atoms with Gasteiger partial charge in [-0.15, -0.1) is 0 Å². The van der Waals surface area contributed by atoms with Crippen LogP contribution in [0, 0.1) is 5.92 Å². The molecule has 8 N–H and O–H groups in total. The SMILES string of the molecule is CC(C)C[C@@H](O)[C@@H](O)[C@H](CO[C@H]1OC(CO)[C@H](O)[C@@H](O)C1O)NC(=O)[C@@H](C)O. The van der Waals surface area contributed by atoms with Crippen LogP contribution in [0.1, 0.15) is 27.2 Å². The Morgan fingerprint density at radius 1 is 1.07 bits per heavy atom. The monoisotopic (exact) mass is 411 g/mol. The molecule has 0 saturated carbocycles. The van der Waals surface area contributed by atoms with Crippen molar-refractivity contribution in [2.45, 2.75) is 82.3 Å². The summed E-state index contributed by atoms with van der Waals surface area (Å²) in [5.41, 5.74) is 0. The van der Waals surface area contributed by atoms with Crippen LogP contribution in [0.2, 0.25) is 0 Å². The first-order chi connectivity index (χ1) is 13.0. The third-order valence-corrected chi connectivity index (χ3v) is 4.51. The zero-order chi connectivity index (χ0) is 21.6. The summed E-state index contributed by atoms with van der Waals surface area (Å²) in [6, 6.07) is -1.16. The zero-order valence-electron chi connectivity index (χ0n) is 16.3. The topological polar surface area (TPSA) is 189 Å². The molecule has 0 aromatic carbocycles. The largest absolute Gasteiger partial charge is 0.394 e. The lowest BCUT2D eigenvalue weighted by molar-refractivity contribution is -0.303. The normalized spacial score (nSPS) is 32.6. The van der Waals surface area contributed by atoms with Gasteiger partial charge in [0.25, 0.3) is 0 Å². The lowest BCUT2D eigenvalue weighted by Crippen LogP contribution is -2.60. The predicted octanol–water partition coefficient (Wildman–Crippen LogP) is -3.56. The molecule has 0 aromatic heterocycles. The lowest BCUT2D eigenvalue weighted by Gasteiger charge is -2.40. The van der Waals surface area contributed by atoms with Gasteiger partial charge in [-0.1, -0.05) is 13.8 Å². The fraction of sp³-hybridized carbons (Fsp3) is 0.941. The molecule has 0 spiro atoms. The van der Waals surface area contributed by atoms with Crippen molar-refractivity contribution >= 4 is 5.91 Å². The van der Waals surface area contributed by atoms with Gasteiger partial charge in [-0.3, -0.25) is 4.79 Å². The Balaban J connectivity index is 2.83. The van der Waals surface area contributed by atoms with Crippen molar-refractivity contribution in [3.8, 4) is 0 Å². The number of aliphatic hydroxyl groups excluding tert-OH is 7. The highest BCUT2D eigenvalue weighted by atomic mass is 16.7. The summed E-state index contributed by atoms with van der Waals surface area (Å²) < 4.78 is 10.5. The van der Waals surface area contributed by atoms with Gasteiger partial charge in [0.05, 0.1) is 25.4 Å². The number of aliphatic hydroxyl groups is 7. The average molecular weight is 411 g/mol. The van der Waals surface area contributed by atoms with E-state index in [1.54, 1.807) is 0 Å². The zero-order valence-corrected chi connectivity index (χ0v) is 16.3. The molecule has 166 valence electrons. The van der Waals surface area contributed by atoms with Gasteiger partial charge in [0.15, 0.2) is 6.29 Å². The van der Waals surface area contributed by atoms with E-state index >= 15 is 0 Å². The molecule has 0 aromatic rings. The second-order valence-electron chi connectivity index (χ2n) is 7.51. The number of nitrogens with one attached hydrogen (secondary N) is 1. The second-order valence-corrected chi connectivity index (χ2v) is 7.51. The van der Waals surface area contributed by atoms with E-state index in [1.165, 1.54) is 6.92 Å². The van der Waals surface area contributed by atoms with Crippen molar-refractivity contribution in [1.29, 1.82) is 0 Å². The molecular weight excluding hydrogens is 378 g/mol. The van der Waals surface area contributed by atoms with Gasteiger partial charge < -0.3 is 50.5 Å². The van der Waals surface area contributed by atoms with Crippen LogP contribution in [0.25, 0.3) is 0 Å². The van der Waals surface area contributed by atoms with Crippen LogP contribution in [0.15, 0.2) is 0 Å². The van der Waals surface area contributed by atoms with Crippen molar-refractivity contribution in [2.75, 3.05) is 13.2 Å². The van der Waals surface area contributed by atoms with Crippen LogP contribution in [0.4, 0.5) is 0 Å². The van der Waals surface area contributed by atoms with Crippen LogP contribution in [-0.4, -0.2) is 110 Å². The maximum absolute atomic E-state index is 11.8. The van der Waals surface area contributed by atoms with E-state index in [0.29, 0.717) is 0 Å². The molecule has 9 atom stereocenters. The van der Waals surface area contributed by atoms with E-state index in [1.807, 2.05) is 13.8 Å². The molecule has 2 unspecified atom stereocenters. The average Bonchev–Trinajstić information content (AvgIpc) is 2.63. The molecule has 0 bridgehead atoms. The Kier molecular flexibility index (Phi) is 10.2. The fourth-order valence-corrected chi connectivity index (χ4v) is 2.82. The summed E-state index contributed by atoms with van der Waals surface area (Å²) in [4.78, 5) is 11.8. The summed E-state index contributed by atoms with van der Waals surface area (Å²) in [7, 11) is 0. The molecule has 11 heteroatoms. The Bertz CT molecular complexity index is 475. The minimum absolute atomic E-state index is 0.0594. The molecule has 1 amide bonds. The quantitative estimate of drug-likeness (QED) is 0.179. The number of amides is 1. The minimum atomic E-state index is -1.65. The minimum Gasteiger partial charge on any atom is -0.394 e. The van der Waals surface area contributed by atoms with Gasteiger partial charge in [-0.25, -0.2) is 0 Å². The summed E-state index contributed by atoms with van der Waals surface area (Å²) in [6.45, 7) is 3.82. The van der Waals surface area contributed by atoms with Crippen LogP contribution in [0.5, 0.6) is 0 Å². The van der Waals surface area contributed by atoms with E-state index in [4.69, 9.17) is 9.47 Å². The first kappa shape index (κ1) is 25.1. The fourth-order valence-electron chi connectivity index (χ4n) is 2.82. The van der Waals surface area contributed by atoms with Crippen LogP contribution in [0.3, 0.4) is 0 Å². The molecule has 1 saturated heterocycles. The van der Waals surface area contributed by atoms with Gasteiger partial charge in [-0.05, 0) is 19.3 Å². The summed E-state index contributed by atoms with van der Waals surface area (Å²) in [5.74, 6) is -0.748. The van der Waals surface area contributed by atoms with E-state index in [-0.39, 0.29) is 12.3 Å². The van der Waals surface area contributed by atoms with Gasteiger partial charge in [0, 0.05) is 0 Å². The van der Waals surface area contributed by atoms with Crippen molar-refractivity contribution in [3.63, 3.8) is 0 Å². The molecule has 11 nitrogen and oxygen atoms in total. The van der Waals surface area contributed by atoms with E-state index < -0.39 is 74.2 Å². The maximum Gasteiger partial charge on any atom is 0.248 e. The number of carbonyl (C=O) groups is 1. The highest BCUT2D eigenvalue weighted by Gasteiger charge is 2.44. The van der Waals surface area contributed by atoms with E-state index in [0.717, 1.165) is 0 Å². The Morgan fingerprint density at radius 3 is 2.18 bits per heavy atom. The third kappa shape index (κ3) is 6.87. The van der Waals surface area contributed by atoms with Crippen molar-refractivity contribution < 1.29 is 50.0 Å². The van der Waals surface area contributed by atoms with Crippen LogP contribution in [-0.2, 0) is 14.3 Å². The van der Waals surface area contributed by atoms with Crippen molar-refractivity contribution in [1.82, 2.24) is 5.32 Å². The van der Waals surface area contributed by atoms with E-state index in [9.17, 15) is 40.5 Å². The number of hydrogen-bond acceptors (Lipinski definition) is 10. The number of hydrogen-bond donors (Lipinski definition) is 8. The first-order valence-electron chi connectivity index (χ1n) is 9.26. The molecule has 1 rings (SSSR count).